The van der Waals surface area contributed by atoms with Crippen LogP contribution in [0.2, 0.25) is 0 Å². The molecule has 0 aliphatic rings. The summed E-state index contributed by atoms with van der Waals surface area (Å²) in [7, 11) is 1.42. The molecule has 0 radical (unpaired) electrons. The Bertz CT molecular complexity index is 441. The Morgan fingerprint density at radius 2 is 1.68 bits per heavy atom. The summed E-state index contributed by atoms with van der Waals surface area (Å²) in [6, 6.07) is 5.85. The van der Waals surface area contributed by atoms with Crippen molar-refractivity contribution in [1.82, 2.24) is 5.32 Å². The standard InChI is InChI=1S/C11H10F5NO2/c1-19-8-4-2-7(3-5-8)6-17-9(18)10(12,13)11(14,15)16/h2-5H,6H2,1H3,(H,17,18). The Hall–Kier alpha value is -1.86. The predicted molar refractivity (Wildman–Crippen MR) is 55.8 cm³/mol. The minimum Gasteiger partial charge on any atom is -0.497 e. The first kappa shape index (κ1) is 15.2. The number of rotatable bonds is 4. The molecule has 0 bridgehead atoms. The van der Waals surface area contributed by atoms with Crippen LogP contribution >= 0.6 is 0 Å². The second-order valence-corrected chi connectivity index (χ2v) is 3.60. The lowest BCUT2D eigenvalue weighted by Gasteiger charge is -2.18. The Balaban J connectivity index is 2.63. The fourth-order valence-corrected chi connectivity index (χ4v) is 1.17. The molecule has 19 heavy (non-hydrogen) atoms. The van der Waals surface area contributed by atoms with E-state index >= 15 is 0 Å². The first-order valence-corrected chi connectivity index (χ1v) is 5.04. The van der Waals surface area contributed by atoms with Crippen LogP contribution in [0.25, 0.3) is 0 Å². The van der Waals surface area contributed by atoms with Gasteiger partial charge >= 0.3 is 18.0 Å². The van der Waals surface area contributed by atoms with E-state index in [1.54, 1.807) is 0 Å². The van der Waals surface area contributed by atoms with Crippen LogP contribution in [0.4, 0.5) is 22.0 Å². The Kier molecular flexibility index (Phi) is 4.33. The fourth-order valence-electron chi connectivity index (χ4n) is 1.17. The molecule has 106 valence electrons. The molecule has 1 amide bonds. The van der Waals surface area contributed by atoms with Crippen molar-refractivity contribution in [3.63, 3.8) is 0 Å². The number of carbonyl (C=O) groups excluding carboxylic acids is 1. The molecule has 0 saturated carbocycles. The highest BCUT2D eigenvalue weighted by atomic mass is 19.4. The third-order valence-corrected chi connectivity index (χ3v) is 2.25. The summed E-state index contributed by atoms with van der Waals surface area (Å²) in [6.07, 6.45) is -5.91. The van der Waals surface area contributed by atoms with Gasteiger partial charge in [0, 0.05) is 6.54 Å². The number of nitrogens with one attached hydrogen (secondary N) is 1. The zero-order valence-electron chi connectivity index (χ0n) is 9.72. The van der Waals surface area contributed by atoms with Crippen molar-refractivity contribution in [2.45, 2.75) is 18.6 Å². The van der Waals surface area contributed by atoms with Gasteiger partial charge in [-0.05, 0) is 17.7 Å². The maximum atomic E-state index is 12.6. The molecule has 8 heteroatoms. The van der Waals surface area contributed by atoms with Gasteiger partial charge in [0.15, 0.2) is 0 Å². The molecule has 3 nitrogen and oxygen atoms in total. The number of alkyl halides is 5. The summed E-state index contributed by atoms with van der Waals surface area (Å²) < 4.78 is 65.7. The summed E-state index contributed by atoms with van der Waals surface area (Å²) in [6.45, 7) is -0.436. The van der Waals surface area contributed by atoms with Crippen molar-refractivity contribution >= 4 is 5.91 Å². The van der Waals surface area contributed by atoms with Crippen LogP contribution in [0.1, 0.15) is 5.56 Å². The highest BCUT2D eigenvalue weighted by molar-refractivity contribution is 5.84. The van der Waals surface area contributed by atoms with E-state index in [0.29, 0.717) is 11.3 Å². The van der Waals surface area contributed by atoms with Crippen LogP contribution < -0.4 is 10.1 Å². The smallest absolute Gasteiger partial charge is 0.463 e. The summed E-state index contributed by atoms with van der Waals surface area (Å²) in [4.78, 5) is 10.8. The van der Waals surface area contributed by atoms with E-state index in [-0.39, 0.29) is 0 Å². The van der Waals surface area contributed by atoms with Crippen molar-refractivity contribution in [3.05, 3.63) is 29.8 Å². The van der Waals surface area contributed by atoms with E-state index in [0.717, 1.165) is 0 Å². The average Bonchev–Trinajstić information content (AvgIpc) is 2.35. The van der Waals surface area contributed by atoms with Crippen molar-refractivity contribution in [2.24, 2.45) is 0 Å². The zero-order valence-corrected chi connectivity index (χ0v) is 9.72. The normalized spacial score (nSPS) is 12.1. The molecule has 0 unspecified atom stereocenters. The maximum absolute atomic E-state index is 12.6. The van der Waals surface area contributed by atoms with Gasteiger partial charge in [-0.1, -0.05) is 12.1 Å². The minimum absolute atomic E-state index is 0.368. The largest absolute Gasteiger partial charge is 0.497 e. The van der Waals surface area contributed by atoms with E-state index in [4.69, 9.17) is 4.74 Å². The highest BCUT2D eigenvalue weighted by Crippen LogP contribution is 2.35. The second kappa shape index (κ2) is 5.41. The molecular weight excluding hydrogens is 273 g/mol. The first-order valence-electron chi connectivity index (χ1n) is 5.04. The average molecular weight is 283 g/mol. The van der Waals surface area contributed by atoms with Crippen LogP contribution in [0.3, 0.4) is 0 Å². The van der Waals surface area contributed by atoms with E-state index in [1.807, 2.05) is 0 Å². The minimum atomic E-state index is -5.91. The number of hydrogen-bond acceptors (Lipinski definition) is 2. The number of methoxy groups -OCH3 is 1. The maximum Gasteiger partial charge on any atom is 0.463 e. The molecule has 0 aromatic heterocycles. The van der Waals surface area contributed by atoms with E-state index in [1.165, 1.54) is 36.7 Å². The molecule has 0 saturated heterocycles. The molecule has 1 aromatic rings. The summed E-state index contributed by atoms with van der Waals surface area (Å²) in [5.74, 6) is -7.29. The molecule has 1 N–H and O–H groups in total. The molecule has 0 aliphatic carbocycles. The quantitative estimate of drug-likeness (QED) is 0.862. The van der Waals surface area contributed by atoms with Crippen molar-refractivity contribution in [3.8, 4) is 5.75 Å². The Labute approximate surface area is 105 Å². The fraction of sp³-hybridized carbons (Fsp3) is 0.364. The monoisotopic (exact) mass is 283 g/mol. The molecule has 0 fully saturated rings. The molecule has 0 heterocycles. The number of benzene rings is 1. The van der Waals surface area contributed by atoms with Gasteiger partial charge in [0.25, 0.3) is 0 Å². The molecule has 0 atom stereocenters. The van der Waals surface area contributed by atoms with Gasteiger partial charge in [-0.15, -0.1) is 0 Å². The topological polar surface area (TPSA) is 38.3 Å². The number of amides is 1. The molecule has 0 aliphatic heterocycles. The van der Waals surface area contributed by atoms with Crippen molar-refractivity contribution in [2.75, 3.05) is 7.11 Å². The summed E-state index contributed by atoms with van der Waals surface area (Å²) in [5, 5.41) is 1.53. The van der Waals surface area contributed by atoms with Crippen molar-refractivity contribution < 1.29 is 31.5 Å². The molecule has 0 spiro atoms. The molecule has 1 aromatic carbocycles. The van der Waals surface area contributed by atoms with Crippen LogP contribution in [-0.2, 0) is 11.3 Å². The highest BCUT2D eigenvalue weighted by Gasteiger charge is 2.63. The van der Waals surface area contributed by atoms with Gasteiger partial charge in [-0.25, -0.2) is 0 Å². The van der Waals surface area contributed by atoms with E-state index < -0.39 is 24.6 Å². The van der Waals surface area contributed by atoms with Gasteiger partial charge in [-0.2, -0.15) is 22.0 Å². The predicted octanol–water partition coefficient (Wildman–Crippen LogP) is 2.51. The van der Waals surface area contributed by atoms with Gasteiger partial charge in [-0.3, -0.25) is 4.79 Å². The molecule has 1 rings (SSSR count). The summed E-state index contributed by atoms with van der Waals surface area (Å²) in [5.41, 5.74) is 0.368. The van der Waals surface area contributed by atoms with E-state index in [9.17, 15) is 26.7 Å². The third kappa shape index (κ3) is 3.55. The van der Waals surface area contributed by atoms with Crippen LogP contribution in [0.15, 0.2) is 24.3 Å². The Morgan fingerprint density at radius 1 is 1.16 bits per heavy atom. The zero-order chi connectivity index (χ0) is 14.7. The molecular formula is C11H10F5NO2. The van der Waals surface area contributed by atoms with Crippen LogP contribution in [0.5, 0.6) is 5.75 Å². The van der Waals surface area contributed by atoms with Gasteiger partial charge in [0.1, 0.15) is 5.75 Å². The van der Waals surface area contributed by atoms with E-state index in [2.05, 4.69) is 0 Å². The lowest BCUT2D eigenvalue weighted by atomic mass is 10.2. The SMILES string of the molecule is COc1ccc(CNC(=O)C(F)(F)C(F)(F)F)cc1. The van der Waals surface area contributed by atoms with Gasteiger partial charge in [0.05, 0.1) is 7.11 Å². The first-order chi connectivity index (χ1) is 8.68. The lowest BCUT2D eigenvalue weighted by molar-refractivity contribution is -0.269. The number of ether oxygens (including phenoxy) is 1. The van der Waals surface area contributed by atoms with Gasteiger partial charge in [0.2, 0.25) is 0 Å². The number of halogens is 5. The Morgan fingerprint density at radius 3 is 2.11 bits per heavy atom. The third-order valence-electron chi connectivity index (χ3n) is 2.25. The number of carbonyl (C=O) groups is 1. The second-order valence-electron chi connectivity index (χ2n) is 3.60. The number of hydrogen-bond donors (Lipinski definition) is 1. The van der Waals surface area contributed by atoms with Crippen LogP contribution in [-0.4, -0.2) is 25.1 Å². The summed E-state index contributed by atoms with van der Waals surface area (Å²) >= 11 is 0. The van der Waals surface area contributed by atoms with Crippen LogP contribution in [0, 0.1) is 0 Å². The lowest BCUT2D eigenvalue weighted by Crippen LogP contribution is -2.50. The van der Waals surface area contributed by atoms with Gasteiger partial charge < -0.3 is 10.1 Å². The van der Waals surface area contributed by atoms with Crippen molar-refractivity contribution in [1.29, 1.82) is 0 Å².